The summed E-state index contributed by atoms with van der Waals surface area (Å²) in [5.74, 6) is 2.84. The first kappa shape index (κ1) is 31.4. The summed E-state index contributed by atoms with van der Waals surface area (Å²) in [6.45, 7) is 3.92. The van der Waals surface area contributed by atoms with Gasteiger partial charge in [0.15, 0.2) is 0 Å². The van der Waals surface area contributed by atoms with Gasteiger partial charge in [0, 0.05) is 18.8 Å². The van der Waals surface area contributed by atoms with Gasteiger partial charge in [-0.1, -0.05) is 72.8 Å². The number of para-hydroxylation sites is 3. The van der Waals surface area contributed by atoms with Gasteiger partial charge in [0.25, 0.3) is 0 Å². The van der Waals surface area contributed by atoms with Gasteiger partial charge in [-0.3, -0.25) is 0 Å². The Bertz CT molecular complexity index is 1490. The lowest BCUT2D eigenvalue weighted by molar-refractivity contribution is -0.0210. The average Bonchev–Trinajstić information content (AvgIpc) is 3.04. The van der Waals surface area contributed by atoms with Crippen molar-refractivity contribution in [1.82, 2.24) is 0 Å². The highest BCUT2D eigenvalue weighted by Gasteiger charge is 2.29. The van der Waals surface area contributed by atoms with E-state index in [2.05, 4.69) is 72.8 Å². The third-order valence-corrected chi connectivity index (χ3v) is 8.72. The SMILES string of the molecule is COc1c2cccc1Cc1cccc3c1OCCOCCOCCOCCO[C@H]1C(=CC=C[C@H]1Cc1cccc(c1OC)C3)C2. The average molecular weight is 613 g/mol. The standard InChI is InChI=1S/C38H44O7/c1-39-35-27-7-3-8-28(35)24-32-12-6-14-34-26-30-10-4-9-29(36(30)40-2)25-33-13-5-11-31(23-27)37(33)44-21-19-42-17-15-41-16-18-43-20-22-45-38(32)34/h3-14,31,37H,15-26H2,1-2H3/t31-,37+/m0/s1. The molecule has 0 radical (unpaired) electrons. The molecule has 3 aromatic carbocycles. The van der Waals surface area contributed by atoms with Crippen LogP contribution in [0, 0.1) is 5.92 Å². The van der Waals surface area contributed by atoms with E-state index in [-0.39, 0.29) is 12.0 Å². The van der Waals surface area contributed by atoms with Crippen LogP contribution in [0.5, 0.6) is 17.2 Å². The van der Waals surface area contributed by atoms with Crippen LogP contribution in [0.25, 0.3) is 0 Å². The van der Waals surface area contributed by atoms with Crippen molar-refractivity contribution < 1.29 is 33.2 Å². The van der Waals surface area contributed by atoms with Crippen LogP contribution in [0.3, 0.4) is 0 Å². The van der Waals surface area contributed by atoms with Gasteiger partial charge in [0.2, 0.25) is 0 Å². The lowest BCUT2D eigenvalue weighted by Crippen LogP contribution is -2.31. The first-order chi connectivity index (χ1) is 22.2. The predicted octanol–water partition coefficient (Wildman–Crippen LogP) is 5.92. The molecule has 1 heterocycles. The fourth-order valence-electron chi connectivity index (χ4n) is 6.70. The van der Waals surface area contributed by atoms with Crippen LogP contribution in [0.2, 0.25) is 0 Å². The molecule has 1 aliphatic heterocycles. The summed E-state index contributed by atoms with van der Waals surface area (Å²) in [5.41, 5.74) is 7.98. The van der Waals surface area contributed by atoms with Gasteiger partial charge in [-0.15, -0.1) is 0 Å². The topological polar surface area (TPSA) is 64.6 Å². The molecule has 7 heteroatoms. The third-order valence-electron chi connectivity index (χ3n) is 8.72. The molecule has 0 saturated heterocycles. The van der Waals surface area contributed by atoms with Crippen LogP contribution in [-0.2, 0) is 44.6 Å². The first-order valence-corrected chi connectivity index (χ1v) is 16.0. The van der Waals surface area contributed by atoms with Crippen molar-refractivity contribution in [2.24, 2.45) is 5.92 Å². The minimum atomic E-state index is -0.118. The largest absolute Gasteiger partial charge is 0.496 e. The molecule has 0 saturated carbocycles. The highest BCUT2D eigenvalue weighted by molar-refractivity contribution is 5.53. The normalized spacial score (nSPS) is 21.2. The lowest BCUT2D eigenvalue weighted by atomic mass is 9.82. The zero-order valence-electron chi connectivity index (χ0n) is 26.4. The van der Waals surface area contributed by atoms with Crippen LogP contribution in [0.15, 0.2) is 78.4 Å². The quantitative estimate of drug-likeness (QED) is 0.356. The molecular formula is C38H44O7. The molecule has 10 bridgehead atoms. The van der Waals surface area contributed by atoms with Gasteiger partial charge < -0.3 is 33.2 Å². The second-order valence-corrected chi connectivity index (χ2v) is 11.6. The number of ether oxygens (including phenoxy) is 7. The van der Waals surface area contributed by atoms with Crippen molar-refractivity contribution >= 4 is 0 Å². The Balaban J connectivity index is 1.48. The Morgan fingerprint density at radius 1 is 0.578 bits per heavy atom. The van der Waals surface area contributed by atoms with E-state index in [1.165, 1.54) is 5.57 Å². The summed E-state index contributed by atoms with van der Waals surface area (Å²) in [7, 11) is 3.54. The molecular weight excluding hydrogens is 568 g/mol. The van der Waals surface area contributed by atoms with Gasteiger partial charge in [-0.2, -0.15) is 0 Å². The number of hydrogen-bond donors (Lipinski definition) is 0. The summed E-state index contributed by atoms with van der Waals surface area (Å²) in [6.07, 6.45) is 9.37. The minimum absolute atomic E-state index is 0.118. The molecule has 0 aromatic heterocycles. The van der Waals surface area contributed by atoms with Gasteiger partial charge in [-0.25, -0.2) is 0 Å². The summed E-state index contributed by atoms with van der Waals surface area (Å²) < 4.78 is 42.8. The summed E-state index contributed by atoms with van der Waals surface area (Å²) >= 11 is 0. The summed E-state index contributed by atoms with van der Waals surface area (Å²) in [6, 6.07) is 19.3. The molecule has 2 atom stereocenters. The van der Waals surface area contributed by atoms with Crippen LogP contribution in [0.4, 0.5) is 0 Å². The van der Waals surface area contributed by atoms with E-state index in [1.54, 1.807) is 14.2 Å². The smallest absolute Gasteiger partial charge is 0.126 e. The van der Waals surface area contributed by atoms with Gasteiger partial charge in [0.1, 0.15) is 23.9 Å². The molecule has 2 aliphatic carbocycles. The number of methoxy groups -OCH3 is 2. The van der Waals surface area contributed by atoms with E-state index in [9.17, 15) is 0 Å². The Morgan fingerprint density at radius 3 is 1.71 bits per heavy atom. The highest BCUT2D eigenvalue weighted by atomic mass is 16.6. The van der Waals surface area contributed by atoms with Crippen molar-refractivity contribution in [2.45, 2.75) is 31.8 Å². The fraction of sp³-hybridized carbons (Fsp3) is 0.421. The number of benzene rings is 3. The number of hydrogen-bond acceptors (Lipinski definition) is 7. The Morgan fingerprint density at radius 2 is 1.09 bits per heavy atom. The van der Waals surface area contributed by atoms with E-state index in [0.29, 0.717) is 65.7 Å². The zero-order chi connectivity index (χ0) is 30.8. The van der Waals surface area contributed by atoms with Crippen LogP contribution < -0.4 is 14.2 Å². The van der Waals surface area contributed by atoms with Crippen molar-refractivity contribution in [3.63, 3.8) is 0 Å². The van der Waals surface area contributed by atoms with Gasteiger partial charge in [-0.05, 0) is 51.8 Å². The van der Waals surface area contributed by atoms with Gasteiger partial charge in [0.05, 0.1) is 66.6 Å². The number of fused-ring (bicyclic) bond motifs is 2. The van der Waals surface area contributed by atoms with E-state index in [0.717, 1.165) is 63.5 Å². The van der Waals surface area contributed by atoms with Crippen LogP contribution in [0.1, 0.15) is 33.4 Å². The van der Waals surface area contributed by atoms with E-state index < -0.39 is 0 Å². The first-order valence-electron chi connectivity index (χ1n) is 16.0. The molecule has 238 valence electrons. The molecule has 45 heavy (non-hydrogen) atoms. The van der Waals surface area contributed by atoms with E-state index in [4.69, 9.17) is 33.2 Å². The second-order valence-electron chi connectivity index (χ2n) is 11.6. The summed E-state index contributed by atoms with van der Waals surface area (Å²) in [4.78, 5) is 0. The number of allylic oxidation sites excluding steroid dienone is 2. The van der Waals surface area contributed by atoms with Crippen molar-refractivity contribution in [2.75, 3.05) is 67.1 Å². The fourth-order valence-corrected chi connectivity index (χ4v) is 6.70. The monoisotopic (exact) mass is 612 g/mol. The predicted molar refractivity (Wildman–Crippen MR) is 174 cm³/mol. The van der Waals surface area contributed by atoms with Gasteiger partial charge >= 0.3 is 0 Å². The second kappa shape index (κ2) is 15.6. The molecule has 3 aliphatic rings. The van der Waals surface area contributed by atoms with Crippen molar-refractivity contribution in [3.8, 4) is 17.2 Å². The molecule has 0 N–H and O–H groups in total. The van der Waals surface area contributed by atoms with E-state index >= 15 is 0 Å². The molecule has 6 rings (SSSR count). The molecule has 7 nitrogen and oxygen atoms in total. The lowest BCUT2D eigenvalue weighted by Gasteiger charge is -2.31. The van der Waals surface area contributed by atoms with Crippen molar-refractivity contribution in [3.05, 3.63) is 112 Å². The van der Waals surface area contributed by atoms with Crippen molar-refractivity contribution in [1.29, 1.82) is 0 Å². The van der Waals surface area contributed by atoms with E-state index in [1.807, 2.05) is 0 Å². The molecule has 0 spiro atoms. The minimum Gasteiger partial charge on any atom is -0.496 e. The molecule has 0 unspecified atom stereocenters. The Hall–Kier alpha value is -3.62. The molecule has 3 aromatic rings. The third kappa shape index (κ3) is 7.61. The zero-order valence-corrected chi connectivity index (χ0v) is 26.4. The summed E-state index contributed by atoms with van der Waals surface area (Å²) in [5, 5.41) is 0. The Kier molecular flexibility index (Phi) is 10.9. The Labute approximate surface area is 266 Å². The molecule has 0 fully saturated rings. The number of rotatable bonds is 2. The van der Waals surface area contributed by atoms with Crippen LogP contribution >= 0.6 is 0 Å². The maximum atomic E-state index is 6.66. The highest BCUT2D eigenvalue weighted by Crippen LogP contribution is 2.38. The maximum absolute atomic E-state index is 6.66. The molecule has 0 amide bonds. The van der Waals surface area contributed by atoms with Crippen LogP contribution in [-0.4, -0.2) is 73.2 Å². The maximum Gasteiger partial charge on any atom is 0.126 e.